The molecule has 0 atom stereocenters. The number of nitrogens with one attached hydrogen (secondary N) is 1. The number of amides is 2. The highest BCUT2D eigenvalue weighted by atomic mass is 16.2. The molecule has 1 N–H and O–H groups in total. The highest BCUT2D eigenvalue weighted by Crippen LogP contribution is 2.31. The van der Waals surface area contributed by atoms with Gasteiger partial charge in [0, 0.05) is 32.0 Å². The van der Waals surface area contributed by atoms with Gasteiger partial charge in [0.1, 0.15) is 5.70 Å². The van der Waals surface area contributed by atoms with Gasteiger partial charge in [0.25, 0.3) is 11.8 Å². The highest BCUT2D eigenvalue weighted by molar-refractivity contribution is 6.36. The fraction of sp³-hybridized carbons (Fsp3) is 0.273. The van der Waals surface area contributed by atoms with E-state index in [0.717, 1.165) is 16.9 Å². The van der Waals surface area contributed by atoms with Gasteiger partial charge in [-0.15, -0.1) is 0 Å². The second-order valence-electron chi connectivity index (χ2n) is 7.30. The van der Waals surface area contributed by atoms with E-state index in [4.69, 9.17) is 0 Å². The lowest BCUT2D eigenvalue weighted by Gasteiger charge is -2.17. The third-order valence-corrected chi connectivity index (χ3v) is 4.43. The second-order valence-corrected chi connectivity index (χ2v) is 7.30. The minimum Gasteiger partial charge on any atom is -0.378 e. The number of rotatable bonds is 6. The van der Waals surface area contributed by atoms with Crippen molar-refractivity contribution in [2.45, 2.75) is 13.8 Å². The molecule has 2 aromatic carbocycles. The number of imide groups is 1. The number of carbonyl (C=O) groups is 2. The van der Waals surface area contributed by atoms with Crippen LogP contribution in [0.1, 0.15) is 19.4 Å². The van der Waals surface area contributed by atoms with Gasteiger partial charge in [0.05, 0.1) is 5.57 Å². The molecule has 2 aromatic rings. The first kappa shape index (κ1) is 18.7. The first-order valence-corrected chi connectivity index (χ1v) is 9.08. The van der Waals surface area contributed by atoms with Crippen LogP contribution < -0.4 is 10.2 Å². The Morgan fingerprint density at radius 1 is 0.926 bits per heavy atom. The summed E-state index contributed by atoms with van der Waals surface area (Å²) in [5.41, 5.74) is 3.35. The SMILES string of the molecule is CC(C)CN1C(=O)C(Nc2ccc(N(C)C)cc2)=C(c2ccccc2)C1=O. The van der Waals surface area contributed by atoms with E-state index in [2.05, 4.69) is 5.32 Å². The van der Waals surface area contributed by atoms with E-state index >= 15 is 0 Å². The number of hydrogen-bond acceptors (Lipinski definition) is 4. The van der Waals surface area contributed by atoms with Crippen LogP contribution in [0.25, 0.3) is 5.57 Å². The molecular weight excluding hydrogens is 338 g/mol. The van der Waals surface area contributed by atoms with Crippen LogP contribution in [0.3, 0.4) is 0 Å². The molecule has 0 spiro atoms. The predicted molar refractivity (Wildman–Crippen MR) is 109 cm³/mol. The van der Waals surface area contributed by atoms with Gasteiger partial charge in [-0.25, -0.2) is 0 Å². The Bertz CT molecular complexity index is 868. The molecule has 1 heterocycles. The number of benzene rings is 2. The van der Waals surface area contributed by atoms with E-state index in [1.54, 1.807) is 0 Å². The Hall–Kier alpha value is -3.08. The van der Waals surface area contributed by atoms with Crippen LogP contribution in [0.2, 0.25) is 0 Å². The Balaban J connectivity index is 1.99. The van der Waals surface area contributed by atoms with Crippen molar-refractivity contribution in [3.63, 3.8) is 0 Å². The van der Waals surface area contributed by atoms with Gasteiger partial charge >= 0.3 is 0 Å². The minimum atomic E-state index is -0.274. The molecule has 0 bridgehead atoms. The molecule has 1 aliphatic rings. The number of carbonyl (C=O) groups excluding carboxylic acids is 2. The zero-order chi connectivity index (χ0) is 19.6. The van der Waals surface area contributed by atoms with Gasteiger partial charge in [0.2, 0.25) is 0 Å². The van der Waals surface area contributed by atoms with Gasteiger partial charge in [-0.05, 0) is 35.7 Å². The molecule has 0 radical (unpaired) electrons. The maximum atomic E-state index is 13.0. The van der Waals surface area contributed by atoms with Crippen molar-refractivity contribution < 1.29 is 9.59 Å². The van der Waals surface area contributed by atoms with E-state index < -0.39 is 0 Å². The Labute approximate surface area is 160 Å². The summed E-state index contributed by atoms with van der Waals surface area (Å²) in [4.78, 5) is 29.3. The highest BCUT2D eigenvalue weighted by Gasteiger charge is 2.39. The maximum absolute atomic E-state index is 13.0. The maximum Gasteiger partial charge on any atom is 0.278 e. The zero-order valence-corrected chi connectivity index (χ0v) is 16.2. The van der Waals surface area contributed by atoms with E-state index in [-0.39, 0.29) is 17.7 Å². The third kappa shape index (κ3) is 3.87. The van der Waals surface area contributed by atoms with Crippen LogP contribution in [0, 0.1) is 5.92 Å². The third-order valence-electron chi connectivity index (χ3n) is 4.43. The van der Waals surface area contributed by atoms with E-state index in [0.29, 0.717) is 17.8 Å². The molecule has 1 aliphatic heterocycles. The summed E-state index contributed by atoms with van der Waals surface area (Å²) >= 11 is 0. The van der Waals surface area contributed by atoms with E-state index in [1.807, 2.05) is 87.4 Å². The molecule has 0 saturated carbocycles. The fourth-order valence-corrected chi connectivity index (χ4v) is 3.08. The van der Waals surface area contributed by atoms with Crippen molar-refractivity contribution in [2.75, 3.05) is 30.9 Å². The Kier molecular flexibility index (Phi) is 5.31. The monoisotopic (exact) mass is 363 g/mol. The summed E-state index contributed by atoms with van der Waals surface area (Å²) in [6, 6.07) is 17.1. The number of nitrogens with zero attached hydrogens (tertiary/aromatic N) is 2. The Morgan fingerprint density at radius 2 is 1.56 bits per heavy atom. The lowest BCUT2D eigenvalue weighted by Crippen LogP contribution is -2.35. The molecule has 0 fully saturated rings. The number of anilines is 2. The molecule has 0 aromatic heterocycles. The molecule has 3 rings (SSSR count). The molecular formula is C22H25N3O2. The molecule has 0 aliphatic carbocycles. The van der Waals surface area contributed by atoms with Crippen molar-refractivity contribution in [3.8, 4) is 0 Å². The van der Waals surface area contributed by atoms with Crippen LogP contribution in [0.5, 0.6) is 0 Å². The fourth-order valence-electron chi connectivity index (χ4n) is 3.08. The molecule has 27 heavy (non-hydrogen) atoms. The normalized spacial score (nSPS) is 14.3. The second kappa shape index (κ2) is 7.66. The van der Waals surface area contributed by atoms with Crippen molar-refractivity contribution in [1.29, 1.82) is 0 Å². The average molecular weight is 363 g/mol. The molecule has 0 saturated heterocycles. The van der Waals surface area contributed by atoms with Crippen molar-refractivity contribution in [1.82, 2.24) is 4.90 Å². The van der Waals surface area contributed by atoms with Crippen LogP contribution in [0.15, 0.2) is 60.3 Å². The summed E-state index contributed by atoms with van der Waals surface area (Å²) in [6.07, 6.45) is 0. The molecule has 2 amide bonds. The Morgan fingerprint density at radius 3 is 2.11 bits per heavy atom. The van der Waals surface area contributed by atoms with Crippen molar-refractivity contribution in [2.24, 2.45) is 5.92 Å². The molecule has 0 unspecified atom stereocenters. The first-order chi connectivity index (χ1) is 12.9. The van der Waals surface area contributed by atoms with Gasteiger partial charge < -0.3 is 10.2 Å². The quantitative estimate of drug-likeness (QED) is 0.797. The van der Waals surface area contributed by atoms with Gasteiger partial charge in [0.15, 0.2) is 0 Å². The lowest BCUT2D eigenvalue weighted by atomic mass is 10.0. The summed E-state index contributed by atoms with van der Waals surface area (Å²) in [5, 5.41) is 3.19. The zero-order valence-electron chi connectivity index (χ0n) is 16.2. The summed E-state index contributed by atoms with van der Waals surface area (Å²) in [5.74, 6) is -0.315. The van der Waals surface area contributed by atoms with Crippen molar-refractivity contribution >= 4 is 28.8 Å². The molecule has 5 nitrogen and oxygen atoms in total. The smallest absolute Gasteiger partial charge is 0.278 e. The van der Waals surface area contributed by atoms with Crippen LogP contribution in [0.4, 0.5) is 11.4 Å². The van der Waals surface area contributed by atoms with E-state index in [1.165, 1.54) is 4.90 Å². The van der Waals surface area contributed by atoms with Gasteiger partial charge in [-0.1, -0.05) is 44.2 Å². The standard InChI is InChI=1S/C22H25N3O2/c1-15(2)14-25-21(26)19(16-8-6-5-7-9-16)20(22(25)27)23-17-10-12-18(13-11-17)24(3)4/h5-13,15,23H,14H2,1-4H3. The summed E-state index contributed by atoms with van der Waals surface area (Å²) in [6.45, 7) is 4.39. The molecule has 140 valence electrons. The van der Waals surface area contributed by atoms with Gasteiger partial charge in [-0.2, -0.15) is 0 Å². The van der Waals surface area contributed by atoms with Crippen LogP contribution in [-0.4, -0.2) is 37.4 Å². The van der Waals surface area contributed by atoms with Crippen molar-refractivity contribution in [3.05, 3.63) is 65.9 Å². The lowest BCUT2D eigenvalue weighted by molar-refractivity contribution is -0.137. The molecule has 5 heteroatoms. The minimum absolute atomic E-state index is 0.202. The van der Waals surface area contributed by atoms with E-state index in [9.17, 15) is 9.59 Å². The topological polar surface area (TPSA) is 52.7 Å². The van der Waals surface area contributed by atoms with Gasteiger partial charge in [-0.3, -0.25) is 14.5 Å². The first-order valence-electron chi connectivity index (χ1n) is 9.08. The predicted octanol–water partition coefficient (Wildman–Crippen LogP) is 3.60. The number of hydrogen-bond donors (Lipinski definition) is 1. The average Bonchev–Trinajstić information content (AvgIpc) is 2.87. The largest absolute Gasteiger partial charge is 0.378 e. The van der Waals surface area contributed by atoms with Crippen LogP contribution in [-0.2, 0) is 9.59 Å². The summed E-state index contributed by atoms with van der Waals surface area (Å²) in [7, 11) is 3.95. The summed E-state index contributed by atoms with van der Waals surface area (Å²) < 4.78 is 0. The van der Waals surface area contributed by atoms with Crippen LogP contribution >= 0.6 is 0 Å².